The zero-order valence-corrected chi connectivity index (χ0v) is 52.9. The average Bonchev–Trinajstić information content (AvgIpc) is 3.45. The molecule has 6 heteroatoms. The van der Waals surface area contributed by atoms with E-state index < -0.39 is 6.10 Å². The number of hydrogen-bond donors (Lipinski definition) is 0. The van der Waals surface area contributed by atoms with Crippen LogP contribution >= 0.6 is 0 Å². The van der Waals surface area contributed by atoms with Gasteiger partial charge in [-0.1, -0.05) is 345 Å². The van der Waals surface area contributed by atoms with Crippen LogP contribution in [0.4, 0.5) is 0 Å². The predicted octanol–water partition coefficient (Wildman–Crippen LogP) is 23.9. The summed E-state index contributed by atoms with van der Waals surface area (Å²) in [6.07, 6.45) is 87.1. The fourth-order valence-corrected chi connectivity index (χ4v) is 10.4. The highest BCUT2D eigenvalue weighted by molar-refractivity contribution is 5.71. The third-order valence-electron chi connectivity index (χ3n) is 15.5. The second-order valence-corrected chi connectivity index (χ2v) is 23.4. The highest BCUT2D eigenvalue weighted by Crippen LogP contribution is 2.18. The first-order chi connectivity index (χ1) is 39.0. The molecule has 0 heterocycles. The van der Waals surface area contributed by atoms with Gasteiger partial charge in [0.25, 0.3) is 0 Å². The van der Waals surface area contributed by atoms with E-state index in [4.69, 9.17) is 14.2 Å². The van der Waals surface area contributed by atoms with Crippen LogP contribution in [0.5, 0.6) is 0 Å². The first kappa shape index (κ1) is 76.1. The number of carbonyl (C=O) groups excluding carboxylic acids is 3. The molecule has 0 N–H and O–H groups in total. The lowest BCUT2D eigenvalue weighted by atomic mass is 10.0. The first-order valence-corrected chi connectivity index (χ1v) is 34.8. The Balaban J connectivity index is 4.07. The zero-order chi connectivity index (χ0) is 57.1. The summed E-state index contributed by atoms with van der Waals surface area (Å²) in [5.41, 5.74) is 0. The van der Waals surface area contributed by atoms with Crippen LogP contribution in [-0.4, -0.2) is 37.2 Å². The summed E-state index contributed by atoms with van der Waals surface area (Å²) in [5.74, 6) is -0.901. The standard InChI is InChI=1S/C73H132O6/c1-4-7-10-13-16-19-21-23-25-27-29-30-31-32-33-34-35-36-37-38-39-40-41-42-44-45-47-49-51-54-57-60-63-66-72(75)78-69-70(68-77-71(74)65-62-59-56-53-18-15-12-9-6-3)79-73(76)67-64-61-58-55-52-50-48-46-43-28-26-24-22-20-17-14-11-8-5-2/h8,11,17,20,24,26,43,46,50,52,70H,4-7,9-10,12-16,18-19,21-23,25,27-42,44-45,47-49,51,53-69H2,1-3H3/b11-8-,20-17-,26-24-,46-43-,52-50-. The Morgan fingerprint density at radius 2 is 0.494 bits per heavy atom. The van der Waals surface area contributed by atoms with E-state index in [0.29, 0.717) is 19.3 Å². The fraction of sp³-hybridized carbons (Fsp3) is 0.822. The molecule has 1 atom stereocenters. The maximum Gasteiger partial charge on any atom is 0.306 e. The molecule has 0 aliphatic rings. The fourth-order valence-electron chi connectivity index (χ4n) is 10.4. The SMILES string of the molecule is CC/C=C\C/C=C\C/C=C\C/C=C\C/C=C\CCCCCC(=O)OC(COC(=O)CCCCCCCCCCC)COC(=O)CCCCCCCCCCCCCCCCCCCCCCCCCCCCCCCCCCC. The van der Waals surface area contributed by atoms with Gasteiger partial charge in [0.2, 0.25) is 0 Å². The van der Waals surface area contributed by atoms with Gasteiger partial charge in [0, 0.05) is 19.3 Å². The molecule has 0 spiro atoms. The van der Waals surface area contributed by atoms with E-state index in [-0.39, 0.29) is 31.1 Å². The van der Waals surface area contributed by atoms with Crippen LogP contribution in [0.1, 0.15) is 367 Å². The quantitative estimate of drug-likeness (QED) is 0.0261. The minimum atomic E-state index is -0.789. The van der Waals surface area contributed by atoms with E-state index in [9.17, 15) is 14.4 Å². The number of carbonyl (C=O) groups is 3. The predicted molar refractivity (Wildman–Crippen MR) is 344 cm³/mol. The molecule has 0 aromatic rings. The van der Waals surface area contributed by atoms with Gasteiger partial charge in [-0.25, -0.2) is 0 Å². The second kappa shape index (κ2) is 67.6. The first-order valence-electron chi connectivity index (χ1n) is 34.8. The Bertz CT molecular complexity index is 1410. The number of ether oxygens (including phenoxy) is 3. The molecule has 0 saturated carbocycles. The average molecular weight is 1110 g/mol. The van der Waals surface area contributed by atoms with E-state index in [2.05, 4.69) is 81.5 Å². The molecule has 0 saturated heterocycles. The summed E-state index contributed by atoms with van der Waals surface area (Å²) in [6, 6.07) is 0. The molecule has 0 aliphatic heterocycles. The zero-order valence-electron chi connectivity index (χ0n) is 52.9. The summed E-state index contributed by atoms with van der Waals surface area (Å²) in [5, 5.41) is 0. The summed E-state index contributed by atoms with van der Waals surface area (Å²) < 4.78 is 16.9. The summed E-state index contributed by atoms with van der Waals surface area (Å²) in [7, 11) is 0. The van der Waals surface area contributed by atoms with Crippen molar-refractivity contribution in [2.75, 3.05) is 13.2 Å². The Labute approximate surface area is 491 Å². The number of allylic oxidation sites excluding steroid dienone is 10. The molecule has 0 aliphatic carbocycles. The van der Waals surface area contributed by atoms with Crippen LogP contribution in [0.25, 0.3) is 0 Å². The second-order valence-electron chi connectivity index (χ2n) is 23.4. The lowest BCUT2D eigenvalue weighted by Crippen LogP contribution is -2.30. The van der Waals surface area contributed by atoms with Crippen LogP contribution in [0.3, 0.4) is 0 Å². The number of rotatable bonds is 64. The maximum atomic E-state index is 12.9. The summed E-state index contributed by atoms with van der Waals surface area (Å²) in [6.45, 7) is 6.53. The van der Waals surface area contributed by atoms with Crippen LogP contribution in [0.2, 0.25) is 0 Å². The molecule has 0 amide bonds. The number of esters is 3. The van der Waals surface area contributed by atoms with Crippen molar-refractivity contribution in [1.29, 1.82) is 0 Å². The molecule has 460 valence electrons. The summed E-state index contributed by atoms with van der Waals surface area (Å²) >= 11 is 0. The Morgan fingerprint density at radius 3 is 0.772 bits per heavy atom. The topological polar surface area (TPSA) is 78.9 Å². The van der Waals surface area contributed by atoms with Crippen molar-refractivity contribution in [1.82, 2.24) is 0 Å². The van der Waals surface area contributed by atoms with Crippen molar-refractivity contribution in [3.63, 3.8) is 0 Å². The molecular formula is C73H132O6. The number of unbranched alkanes of at least 4 members (excludes halogenated alkanes) is 43. The van der Waals surface area contributed by atoms with Gasteiger partial charge in [0.05, 0.1) is 0 Å². The van der Waals surface area contributed by atoms with Crippen molar-refractivity contribution in [3.8, 4) is 0 Å². The Morgan fingerprint density at radius 1 is 0.266 bits per heavy atom. The molecule has 6 nitrogen and oxygen atoms in total. The number of hydrogen-bond acceptors (Lipinski definition) is 6. The van der Waals surface area contributed by atoms with Crippen LogP contribution < -0.4 is 0 Å². The smallest absolute Gasteiger partial charge is 0.306 e. The van der Waals surface area contributed by atoms with E-state index >= 15 is 0 Å². The maximum absolute atomic E-state index is 12.9. The lowest BCUT2D eigenvalue weighted by Gasteiger charge is -2.18. The largest absolute Gasteiger partial charge is 0.462 e. The van der Waals surface area contributed by atoms with Crippen molar-refractivity contribution in [3.05, 3.63) is 60.8 Å². The molecular weight excluding hydrogens is 973 g/mol. The molecule has 0 aromatic carbocycles. The summed E-state index contributed by atoms with van der Waals surface area (Å²) in [4.78, 5) is 38.2. The van der Waals surface area contributed by atoms with Crippen LogP contribution in [-0.2, 0) is 28.6 Å². The Kier molecular flexibility index (Phi) is 65.1. The van der Waals surface area contributed by atoms with Crippen LogP contribution in [0, 0.1) is 0 Å². The van der Waals surface area contributed by atoms with Crippen molar-refractivity contribution < 1.29 is 28.6 Å². The van der Waals surface area contributed by atoms with Gasteiger partial charge >= 0.3 is 17.9 Å². The molecule has 79 heavy (non-hydrogen) atoms. The normalized spacial score (nSPS) is 12.4. The lowest BCUT2D eigenvalue weighted by molar-refractivity contribution is -0.167. The molecule has 0 fully saturated rings. The van der Waals surface area contributed by atoms with E-state index in [0.717, 1.165) is 96.3 Å². The van der Waals surface area contributed by atoms with Gasteiger partial charge in [0.1, 0.15) is 13.2 Å². The molecule has 0 bridgehead atoms. The minimum absolute atomic E-state index is 0.0837. The molecule has 0 radical (unpaired) electrons. The van der Waals surface area contributed by atoms with Gasteiger partial charge in [-0.15, -0.1) is 0 Å². The Hall–Kier alpha value is -2.89. The van der Waals surface area contributed by atoms with Crippen molar-refractivity contribution >= 4 is 17.9 Å². The van der Waals surface area contributed by atoms with Crippen molar-refractivity contribution in [2.24, 2.45) is 0 Å². The van der Waals surface area contributed by atoms with Gasteiger partial charge in [-0.2, -0.15) is 0 Å². The molecule has 1 unspecified atom stereocenters. The van der Waals surface area contributed by atoms with E-state index in [1.54, 1.807) is 0 Å². The van der Waals surface area contributed by atoms with E-state index in [1.807, 2.05) is 0 Å². The van der Waals surface area contributed by atoms with Gasteiger partial charge in [-0.3, -0.25) is 14.4 Å². The molecule has 0 aromatic heterocycles. The molecule has 0 rings (SSSR count). The van der Waals surface area contributed by atoms with Gasteiger partial charge < -0.3 is 14.2 Å². The third kappa shape index (κ3) is 65.8. The highest BCUT2D eigenvalue weighted by Gasteiger charge is 2.19. The highest BCUT2D eigenvalue weighted by atomic mass is 16.6. The van der Waals surface area contributed by atoms with E-state index in [1.165, 1.54) is 231 Å². The van der Waals surface area contributed by atoms with Crippen LogP contribution in [0.15, 0.2) is 60.8 Å². The van der Waals surface area contributed by atoms with Gasteiger partial charge in [-0.05, 0) is 64.2 Å². The minimum Gasteiger partial charge on any atom is -0.462 e. The van der Waals surface area contributed by atoms with Crippen molar-refractivity contribution in [2.45, 2.75) is 374 Å². The van der Waals surface area contributed by atoms with Gasteiger partial charge in [0.15, 0.2) is 6.10 Å². The third-order valence-corrected chi connectivity index (χ3v) is 15.5. The monoisotopic (exact) mass is 1110 g/mol.